The fourth-order valence-corrected chi connectivity index (χ4v) is 2.75. The Kier molecular flexibility index (Phi) is 3.50. The van der Waals surface area contributed by atoms with Gasteiger partial charge >= 0.3 is 5.97 Å². The van der Waals surface area contributed by atoms with Gasteiger partial charge in [0.2, 0.25) is 0 Å². The fraction of sp³-hybridized carbons (Fsp3) is 0.500. The van der Waals surface area contributed by atoms with Crippen LogP contribution < -0.4 is 4.90 Å². The van der Waals surface area contributed by atoms with E-state index in [1.54, 1.807) is 13.1 Å². The van der Waals surface area contributed by atoms with E-state index in [0.29, 0.717) is 0 Å². The van der Waals surface area contributed by atoms with Crippen LogP contribution in [0.3, 0.4) is 0 Å². The van der Waals surface area contributed by atoms with Crippen molar-refractivity contribution in [1.29, 1.82) is 0 Å². The Morgan fingerprint density at radius 2 is 2.05 bits per heavy atom. The first-order valence-electron chi connectivity index (χ1n) is 7.09. The maximum absolute atomic E-state index is 11.0. The molecule has 1 fully saturated rings. The smallest absolute Gasteiger partial charge is 0.320 e. The topological polar surface area (TPSA) is 74.0 Å². The normalized spacial score (nSPS) is 18.1. The molecule has 3 heterocycles. The highest BCUT2D eigenvalue weighted by Crippen LogP contribution is 2.21. The summed E-state index contributed by atoms with van der Waals surface area (Å²) in [4.78, 5) is 19.7. The molecule has 0 radical (unpaired) electrons. The van der Waals surface area contributed by atoms with E-state index >= 15 is 0 Å². The molecule has 0 aliphatic carbocycles. The lowest BCUT2D eigenvalue weighted by Gasteiger charge is -2.37. The van der Waals surface area contributed by atoms with E-state index in [4.69, 9.17) is 5.11 Å². The van der Waals surface area contributed by atoms with Gasteiger partial charge in [-0.15, -0.1) is 0 Å². The Hall–Kier alpha value is -2.15. The van der Waals surface area contributed by atoms with Crippen LogP contribution >= 0.6 is 0 Å². The maximum atomic E-state index is 11.0. The third kappa shape index (κ3) is 2.56. The van der Waals surface area contributed by atoms with Crippen LogP contribution in [0.15, 0.2) is 18.5 Å². The number of anilines is 1. The van der Waals surface area contributed by atoms with Crippen LogP contribution in [0.5, 0.6) is 0 Å². The molecular weight excluding hydrogens is 270 g/mol. The van der Waals surface area contributed by atoms with Gasteiger partial charge in [0.1, 0.15) is 11.6 Å². The number of piperazine rings is 1. The summed E-state index contributed by atoms with van der Waals surface area (Å²) in [6.07, 6.45) is 3.59. The largest absolute Gasteiger partial charge is 0.480 e. The van der Waals surface area contributed by atoms with Gasteiger partial charge in [0.15, 0.2) is 5.82 Å². The van der Waals surface area contributed by atoms with Gasteiger partial charge in [-0.3, -0.25) is 9.69 Å². The van der Waals surface area contributed by atoms with Gasteiger partial charge < -0.3 is 10.0 Å². The van der Waals surface area contributed by atoms with Crippen molar-refractivity contribution >= 4 is 17.3 Å². The molecule has 2 aromatic rings. The second-order valence-electron chi connectivity index (χ2n) is 5.40. The lowest BCUT2D eigenvalue weighted by atomic mass is 10.2. The molecule has 112 valence electrons. The molecule has 1 saturated heterocycles. The SMILES string of the molecule is Cc1cc2c(N3CCN(C(C)C(=O)O)CC3)nccn2n1. The summed E-state index contributed by atoms with van der Waals surface area (Å²) in [7, 11) is 0. The minimum absolute atomic E-state index is 0.437. The molecule has 0 aromatic carbocycles. The van der Waals surface area contributed by atoms with E-state index in [9.17, 15) is 4.79 Å². The van der Waals surface area contributed by atoms with E-state index in [1.807, 2.05) is 28.6 Å². The Labute approximate surface area is 122 Å². The van der Waals surface area contributed by atoms with Crippen LogP contribution in [-0.2, 0) is 4.79 Å². The number of nitrogens with zero attached hydrogens (tertiary/aromatic N) is 5. The molecule has 1 aliphatic heterocycles. The maximum Gasteiger partial charge on any atom is 0.320 e. The standard InChI is InChI=1S/C14H19N5O2/c1-10-9-12-13(15-3-4-19(12)16-10)18-7-5-17(6-8-18)11(2)14(20)21/h3-4,9,11H,5-8H2,1-2H3,(H,20,21). The second-order valence-corrected chi connectivity index (χ2v) is 5.40. The number of fused-ring (bicyclic) bond motifs is 1. The zero-order valence-corrected chi connectivity index (χ0v) is 12.2. The molecule has 0 saturated carbocycles. The molecule has 1 N–H and O–H groups in total. The molecule has 1 atom stereocenters. The Balaban J connectivity index is 1.78. The van der Waals surface area contributed by atoms with Gasteiger partial charge in [-0.25, -0.2) is 9.50 Å². The van der Waals surface area contributed by atoms with Crippen molar-refractivity contribution in [3.05, 3.63) is 24.2 Å². The van der Waals surface area contributed by atoms with Crippen molar-refractivity contribution in [2.75, 3.05) is 31.1 Å². The molecule has 3 rings (SSSR count). The summed E-state index contributed by atoms with van der Waals surface area (Å²) in [5, 5.41) is 13.5. The zero-order chi connectivity index (χ0) is 15.0. The van der Waals surface area contributed by atoms with Crippen LogP contribution in [0, 0.1) is 6.92 Å². The average molecular weight is 289 g/mol. The first kappa shape index (κ1) is 13.8. The van der Waals surface area contributed by atoms with Crippen molar-refractivity contribution in [3.8, 4) is 0 Å². The Morgan fingerprint density at radius 3 is 2.71 bits per heavy atom. The van der Waals surface area contributed by atoms with E-state index in [0.717, 1.165) is 43.2 Å². The van der Waals surface area contributed by atoms with Crippen molar-refractivity contribution in [1.82, 2.24) is 19.5 Å². The predicted molar refractivity (Wildman–Crippen MR) is 78.6 cm³/mol. The number of carbonyl (C=O) groups is 1. The first-order chi connectivity index (χ1) is 10.1. The van der Waals surface area contributed by atoms with Crippen molar-refractivity contribution < 1.29 is 9.90 Å². The predicted octanol–water partition coefficient (Wildman–Crippen LogP) is 0.633. The molecule has 21 heavy (non-hydrogen) atoms. The summed E-state index contributed by atoms with van der Waals surface area (Å²) in [5.41, 5.74) is 1.96. The zero-order valence-electron chi connectivity index (χ0n) is 12.2. The summed E-state index contributed by atoms with van der Waals surface area (Å²) >= 11 is 0. The average Bonchev–Trinajstić information content (AvgIpc) is 2.86. The van der Waals surface area contributed by atoms with Crippen LogP contribution in [0.25, 0.3) is 5.52 Å². The van der Waals surface area contributed by atoms with E-state index < -0.39 is 12.0 Å². The monoisotopic (exact) mass is 289 g/mol. The van der Waals surface area contributed by atoms with Gasteiger partial charge in [0.05, 0.1) is 5.69 Å². The number of carboxylic acids is 1. The quantitative estimate of drug-likeness (QED) is 0.893. The molecule has 0 amide bonds. The van der Waals surface area contributed by atoms with Gasteiger partial charge in [-0.05, 0) is 19.9 Å². The van der Waals surface area contributed by atoms with E-state index in [2.05, 4.69) is 15.0 Å². The number of aliphatic carboxylic acids is 1. The third-order valence-corrected chi connectivity index (χ3v) is 4.01. The Morgan fingerprint density at radius 1 is 1.33 bits per heavy atom. The molecule has 2 aromatic heterocycles. The molecule has 1 unspecified atom stereocenters. The number of aryl methyl sites for hydroxylation is 1. The number of hydrogen-bond acceptors (Lipinski definition) is 5. The summed E-state index contributed by atoms with van der Waals surface area (Å²) in [6.45, 7) is 6.69. The van der Waals surface area contributed by atoms with Gasteiger partial charge in [0, 0.05) is 38.6 Å². The van der Waals surface area contributed by atoms with Crippen LogP contribution in [0.2, 0.25) is 0 Å². The van der Waals surface area contributed by atoms with Crippen LogP contribution in [-0.4, -0.2) is 62.8 Å². The van der Waals surface area contributed by atoms with Crippen molar-refractivity contribution in [2.45, 2.75) is 19.9 Å². The van der Waals surface area contributed by atoms with Crippen LogP contribution in [0.1, 0.15) is 12.6 Å². The lowest BCUT2D eigenvalue weighted by molar-refractivity contribution is -0.142. The Bertz CT molecular complexity index is 660. The van der Waals surface area contributed by atoms with Gasteiger partial charge in [-0.2, -0.15) is 5.10 Å². The van der Waals surface area contributed by atoms with E-state index in [-0.39, 0.29) is 0 Å². The van der Waals surface area contributed by atoms with Crippen molar-refractivity contribution in [2.24, 2.45) is 0 Å². The number of aromatic nitrogens is 3. The fourth-order valence-electron chi connectivity index (χ4n) is 2.75. The summed E-state index contributed by atoms with van der Waals surface area (Å²) in [5.74, 6) is 0.149. The molecule has 1 aliphatic rings. The molecule has 0 bridgehead atoms. The summed E-state index contributed by atoms with van der Waals surface area (Å²) < 4.78 is 1.84. The van der Waals surface area contributed by atoms with E-state index in [1.165, 1.54) is 0 Å². The molecule has 7 nitrogen and oxygen atoms in total. The summed E-state index contributed by atoms with van der Waals surface area (Å²) in [6, 6.07) is 1.59. The first-order valence-corrected chi connectivity index (χ1v) is 7.09. The molecular formula is C14H19N5O2. The number of hydrogen-bond donors (Lipinski definition) is 1. The van der Waals surface area contributed by atoms with Gasteiger partial charge in [-0.1, -0.05) is 0 Å². The minimum Gasteiger partial charge on any atom is -0.480 e. The molecule has 0 spiro atoms. The highest BCUT2D eigenvalue weighted by atomic mass is 16.4. The van der Waals surface area contributed by atoms with Crippen LogP contribution in [0.4, 0.5) is 5.82 Å². The lowest BCUT2D eigenvalue weighted by Crippen LogP contribution is -2.52. The highest BCUT2D eigenvalue weighted by molar-refractivity contribution is 5.73. The minimum atomic E-state index is -0.768. The number of carboxylic acid groups (broad SMARTS) is 1. The van der Waals surface area contributed by atoms with Crippen molar-refractivity contribution in [3.63, 3.8) is 0 Å². The highest BCUT2D eigenvalue weighted by Gasteiger charge is 2.26. The third-order valence-electron chi connectivity index (χ3n) is 4.01. The second kappa shape index (κ2) is 5.33. The number of rotatable bonds is 3. The molecule has 7 heteroatoms. The van der Waals surface area contributed by atoms with Gasteiger partial charge in [0.25, 0.3) is 0 Å².